The standard InChI is InChI=1S/C13H25NS/c1-14-13(9-11-3-2-4-11)10-12-5-7-15-8-6-12/h11-14H,2-10H2,1H3. The van der Waals surface area contributed by atoms with Gasteiger partial charge in [-0.25, -0.2) is 0 Å². The maximum atomic E-state index is 3.54. The summed E-state index contributed by atoms with van der Waals surface area (Å²) in [4.78, 5) is 0. The van der Waals surface area contributed by atoms with Gasteiger partial charge < -0.3 is 5.32 Å². The van der Waals surface area contributed by atoms with Crippen molar-refractivity contribution in [2.45, 2.75) is 51.0 Å². The first-order valence-corrected chi connectivity index (χ1v) is 7.79. The maximum Gasteiger partial charge on any atom is 0.00693 e. The smallest absolute Gasteiger partial charge is 0.00693 e. The summed E-state index contributed by atoms with van der Waals surface area (Å²) in [5, 5.41) is 3.54. The minimum Gasteiger partial charge on any atom is -0.317 e. The lowest BCUT2D eigenvalue weighted by molar-refractivity contribution is 0.242. The van der Waals surface area contributed by atoms with E-state index in [2.05, 4.69) is 24.1 Å². The van der Waals surface area contributed by atoms with E-state index in [0.717, 1.165) is 17.9 Å². The van der Waals surface area contributed by atoms with Gasteiger partial charge in [0.05, 0.1) is 0 Å². The van der Waals surface area contributed by atoms with Gasteiger partial charge in [-0.2, -0.15) is 11.8 Å². The van der Waals surface area contributed by atoms with Crippen LogP contribution in [0, 0.1) is 11.8 Å². The van der Waals surface area contributed by atoms with Gasteiger partial charge in [-0.1, -0.05) is 19.3 Å². The highest BCUT2D eigenvalue weighted by Gasteiger charge is 2.24. The molecule has 0 aromatic heterocycles. The summed E-state index contributed by atoms with van der Waals surface area (Å²) >= 11 is 2.14. The fourth-order valence-corrected chi connectivity index (χ4v) is 4.05. The molecule has 15 heavy (non-hydrogen) atoms. The van der Waals surface area contributed by atoms with Crippen LogP contribution >= 0.6 is 11.8 Å². The Morgan fingerprint density at radius 2 is 1.67 bits per heavy atom. The van der Waals surface area contributed by atoms with Crippen molar-refractivity contribution in [3.8, 4) is 0 Å². The zero-order valence-electron chi connectivity index (χ0n) is 10.0. The van der Waals surface area contributed by atoms with Gasteiger partial charge in [0, 0.05) is 6.04 Å². The van der Waals surface area contributed by atoms with Gasteiger partial charge >= 0.3 is 0 Å². The van der Waals surface area contributed by atoms with Crippen LogP contribution in [0.5, 0.6) is 0 Å². The lowest BCUT2D eigenvalue weighted by Crippen LogP contribution is -2.32. The molecule has 0 aromatic carbocycles. The van der Waals surface area contributed by atoms with E-state index >= 15 is 0 Å². The van der Waals surface area contributed by atoms with Crippen molar-refractivity contribution in [1.29, 1.82) is 0 Å². The Morgan fingerprint density at radius 3 is 2.13 bits per heavy atom. The van der Waals surface area contributed by atoms with Crippen LogP contribution in [0.15, 0.2) is 0 Å². The molecule has 1 nitrogen and oxygen atoms in total. The largest absolute Gasteiger partial charge is 0.317 e. The predicted molar refractivity (Wildman–Crippen MR) is 69.5 cm³/mol. The van der Waals surface area contributed by atoms with Crippen molar-refractivity contribution < 1.29 is 0 Å². The first-order valence-electron chi connectivity index (χ1n) is 6.63. The first kappa shape index (κ1) is 11.8. The summed E-state index contributed by atoms with van der Waals surface area (Å²) in [6, 6.07) is 0.809. The Labute approximate surface area is 98.8 Å². The Kier molecular flexibility index (Phi) is 4.83. The van der Waals surface area contributed by atoms with Gasteiger partial charge in [-0.3, -0.25) is 0 Å². The summed E-state index contributed by atoms with van der Waals surface area (Å²) < 4.78 is 0. The van der Waals surface area contributed by atoms with Crippen LogP contribution in [-0.2, 0) is 0 Å². The Bertz CT molecular complexity index is 173. The quantitative estimate of drug-likeness (QED) is 0.773. The number of nitrogens with one attached hydrogen (secondary N) is 1. The van der Waals surface area contributed by atoms with E-state index in [1.165, 1.54) is 56.5 Å². The van der Waals surface area contributed by atoms with Crippen LogP contribution in [0.3, 0.4) is 0 Å². The van der Waals surface area contributed by atoms with Crippen LogP contribution in [0.2, 0.25) is 0 Å². The molecule has 0 radical (unpaired) electrons. The molecule has 1 heterocycles. The van der Waals surface area contributed by atoms with Crippen molar-refractivity contribution in [3.63, 3.8) is 0 Å². The second kappa shape index (κ2) is 6.15. The van der Waals surface area contributed by atoms with Crippen molar-refractivity contribution in [1.82, 2.24) is 5.32 Å². The average molecular weight is 227 g/mol. The molecular formula is C13H25NS. The summed E-state index contributed by atoms with van der Waals surface area (Å²) in [7, 11) is 2.15. The fourth-order valence-electron chi connectivity index (χ4n) is 2.85. The molecule has 1 unspecified atom stereocenters. The third kappa shape index (κ3) is 3.67. The molecule has 1 saturated heterocycles. The molecule has 2 heteroatoms. The third-order valence-corrected chi connectivity index (χ3v) is 5.26. The molecule has 1 saturated carbocycles. The highest BCUT2D eigenvalue weighted by Crippen LogP contribution is 2.33. The van der Waals surface area contributed by atoms with Crippen LogP contribution < -0.4 is 5.32 Å². The minimum absolute atomic E-state index is 0.809. The molecule has 0 amide bonds. The predicted octanol–water partition coefficient (Wildman–Crippen LogP) is 3.30. The summed E-state index contributed by atoms with van der Waals surface area (Å²) in [6.45, 7) is 0. The van der Waals surface area contributed by atoms with Crippen LogP contribution in [0.4, 0.5) is 0 Å². The molecule has 0 bridgehead atoms. The minimum atomic E-state index is 0.809. The molecule has 1 atom stereocenters. The molecule has 2 fully saturated rings. The summed E-state index contributed by atoms with van der Waals surface area (Å²) in [6.07, 6.45) is 10.3. The van der Waals surface area contributed by atoms with E-state index in [0.29, 0.717) is 0 Å². The Morgan fingerprint density at radius 1 is 1.07 bits per heavy atom. The normalized spacial score (nSPS) is 26.2. The highest BCUT2D eigenvalue weighted by molar-refractivity contribution is 7.99. The second-order valence-corrected chi connectivity index (χ2v) is 6.53. The van der Waals surface area contributed by atoms with Crippen LogP contribution in [0.1, 0.15) is 44.9 Å². The van der Waals surface area contributed by atoms with Crippen molar-refractivity contribution in [2.75, 3.05) is 18.6 Å². The van der Waals surface area contributed by atoms with Crippen molar-refractivity contribution >= 4 is 11.8 Å². The van der Waals surface area contributed by atoms with Gasteiger partial charge in [0.25, 0.3) is 0 Å². The van der Waals surface area contributed by atoms with E-state index in [1.807, 2.05) is 0 Å². The molecule has 2 rings (SSSR count). The Hall–Kier alpha value is 0.310. The third-order valence-electron chi connectivity index (χ3n) is 4.21. The fraction of sp³-hybridized carbons (Fsp3) is 1.00. The molecule has 88 valence electrons. The first-order chi connectivity index (χ1) is 7.38. The number of hydrogen-bond donors (Lipinski definition) is 1. The number of thioether (sulfide) groups is 1. The number of rotatable bonds is 5. The lowest BCUT2D eigenvalue weighted by Gasteiger charge is -2.32. The monoisotopic (exact) mass is 227 g/mol. The van der Waals surface area contributed by atoms with Gasteiger partial charge in [-0.05, 0) is 56.1 Å². The highest BCUT2D eigenvalue weighted by atomic mass is 32.2. The molecule has 0 spiro atoms. The van der Waals surface area contributed by atoms with Gasteiger partial charge in [0.1, 0.15) is 0 Å². The zero-order valence-corrected chi connectivity index (χ0v) is 10.8. The molecule has 0 aromatic rings. The van der Waals surface area contributed by atoms with Crippen LogP contribution in [-0.4, -0.2) is 24.6 Å². The topological polar surface area (TPSA) is 12.0 Å². The number of hydrogen-bond acceptors (Lipinski definition) is 2. The molecule has 2 aliphatic rings. The molecule has 1 N–H and O–H groups in total. The average Bonchev–Trinajstić information content (AvgIpc) is 2.23. The van der Waals surface area contributed by atoms with E-state index in [9.17, 15) is 0 Å². The van der Waals surface area contributed by atoms with E-state index in [4.69, 9.17) is 0 Å². The Balaban J connectivity index is 1.68. The molecule has 1 aliphatic carbocycles. The van der Waals surface area contributed by atoms with Gasteiger partial charge in [-0.15, -0.1) is 0 Å². The molecule has 1 aliphatic heterocycles. The van der Waals surface area contributed by atoms with Crippen molar-refractivity contribution in [2.24, 2.45) is 11.8 Å². The van der Waals surface area contributed by atoms with E-state index in [-0.39, 0.29) is 0 Å². The summed E-state index contributed by atoms with van der Waals surface area (Å²) in [5.41, 5.74) is 0. The second-order valence-electron chi connectivity index (χ2n) is 5.31. The van der Waals surface area contributed by atoms with Crippen molar-refractivity contribution in [3.05, 3.63) is 0 Å². The van der Waals surface area contributed by atoms with Gasteiger partial charge in [0.15, 0.2) is 0 Å². The molecular weight excluding hydrogens is 202 g/mol. The maximum absolute atomic E-state index is 3.54. The lowest BCUT2D eigenvalue weighted by atomic mass is 9.79. The van der Waals surface area contributed by atoms with E-state index in [1.54, 1.807) is 0 Å². The van der Waals surface area contributed by atoms with Gasteiger partial charge in [0.2, 0.25) is 0 Å². The van der Waals surface area contributed by atoms with Crippen LogP contribution in [0.25, 0.3) is 0 Å². The summed E-state index contributed by atoms with van der Waals surface area (Å²) in [5.74, 6) is 4.89. The zero-order chi connectivity index (χ0) is 10.5. The SMILES string of the molecule is CNC(CC1CCC1)CC1CCSCC1. The van der Waals surface area contributed by atoms with E-state index < -0.39 is 0 Å².